The summed E-state index contributed by atoms with van der Waals surface area (Å²) in [7, 11) is 1.37. The van der Waals surface area contributed by atoms with Gasteiger partial charge in [0.2, 0.25) is 5.78 Å². The summed E-state index contributed by atoms with van der Waals surface area (Å²) in [5.41, 5.74) is 3.99. The minimum absolute atomic E-state index is 0.0217. The number of Topliss-reactive ketones (excluding diaryl/α,β-unsaturated/α-hetero) is 1. The van der Waals surface area contributed by atoms with Gasteiger partial charge >= 0.3 is 0 Å². The molecule has 0 bridgehead atoms. The van der Waals surface area contributed by atoms with E-state index >= 15 is 0 Å². The molecule has 5 nitrogen and oxygen atoms in total. The number of rotatable bonds is 7. The van der Waals surface area contributed by atoms with E-state index in [1.54, 1.807) is 24.3 Å². The highest BCUT2D eigenvalue weighted by Gasteiger charge is 2.26. The van der Waals surface area contributed by atoms with Crippen LogP contribution in [0.15, 0.2) is 96.3 Å². The highest BCUT2D eigenvalue weighted by Crippen LogP contribution is 2.29. The van der Waals surface area contributed by atoms with Crippen molar-refractivity contribution < 1.29 is 24.2 Å². The number of phenols is 1. The van der Waals surface area contributed by atoms with Crippen molar-refractivity contribution in [2.75, 3.05) is 7.11 Å². The molecule has 2 aromatic carbocycles. The Kier molecular flexibility index (Phi) is 9.50. The molecule has 0 amide bonds. The number of phenolic OH excluding ortho intramolecular Hbond substituents is 1. The Morgan fingerprint density at radius 1 is 1.03 bits per heavy atom. The number of ketones is 3. The van der Waals surface area contributed by atoms with Crippen molar-refractivity contribution in [1.82, 2.24) is 0 Å². The second kappa shape index (κ2) is 12.3. The molecule has 3 rings (SSSR count). The molecule has 0 saturated heterocycles. The van der Waals surface area contributed by atoms with Crippen LogP contribution in [0, 0.1) is 0 Å². The number of carbonyl (C=O) groups excluding carboxylic acids is 3. The van der Waals surface area contributed by atoms with Crippen LogP contribution in [-0.4, -0.2) is 29.6 Å². The molecule has 1 aliphatic carbocycles. The first-order valence-corrected chi connectivity index (χ1v) is 10.9. The summed E-state index contributed by atoms with van der Waals surface area (Å²) in [4.78, 5) is 35.0. The lowest BCUT2D eigenvalue weighted by molar-refractivity contribution is -0.117. The number of carbonyl (C=O) groups is 3. The van der Waals surface area contributed by atoms with Gasteiger partial charge in [-0.3, -0.25) is 14.4 Å². The molecule has 0 heterocycles. The molecule has 1 N–H and O–H groups in total. The van der Waals surface area contributed by atoms with E-state index in [-0.39, 0.29) is 34.8 Å². The van der Waals surface area contributed by atoms with E-state index in [0.29, 0.717) is 17.6 Å². The first-order valence-electron chi connectivity index (χ1n) is 10.9. The molecular weight excluding hydrogens is 428 g/mol. The summed E-state index contributed by atoms with van der Waals surface area (Å²) in [6.45, 7) is 9.29. The maximum Gasteiger partial charge on any atom is 0.220 e. The van der Waals surface area contributed by atoms with Crippen LogP contribution in [0.2, 0.25) is 0 Å². The quantitative estimate of drug-likeness (QED) is 0.329. The lowest BCUT2D eigenvalue weighted by atomic mass is 9.85. The van der Waals surface area contributed by atoms with Crippen LogP contribution in [0.4, 0.5) is 0 Å². The van der Waals surface area contributed by atoms with E-state index in [1.165, 1.54) is 31.8 Å². The Hall–Kier alpha value is -3.99. The number of hydrogen-bond acceptors (Lipinski definition) is 5. The fourth-order valence-corrected chi connectivity index (χ4v) is 3.34. The Balaban J connectivity index is 0.000000248. The van der Waals surface area contributed by atoms with E-state index in [4.69, 9.17) is 4.74 Å². The standard InChI is InChI=1S/C16H14O3.C13H16O2/c1-3-12(11-7-5-4-6-8-11)13-9-15(18)16(19-2)10-14(13)17;1-9(2)4-5-12-8-11(10(3)14)6-7-13(12)15/h3-10,12H,1H2,2H3;4,6-8,15H,5H2,1-3H3. The Bertz CT molecular complexity index is 1160. The van der Waals surface area contributed by atoms with Crippen LogP contribution >= 0.6 is 0 Å². The number of methoxy groups -OCH3 is 1. The van der Waals surface area contributed by atoms with E-state index in [9.17, 15) is 19.5 Å². The van der Waals surface area contributed by atoms with Crippen LogP contribution in [-0.2, 0) is 20.7 Å². The molecule has 176 valence electrons. The minimum Gasteiger partial charge on any atom is -0.508 e. The number of aromatic hydroxyl groups is 1. The fraction of sp³-hybridized carbons (Fsp3) is 0.207. The summed E-state index contributed by atoms with van der Waals surface area (Å²) in [6.07, 6.45) is 6.92. The van der Waals surface area contributed by atoms with Gasteiger partial charge < -0.3 is 9.84 Å². The first kappa shape index (κ1) is 26.3. The van der Waals surface area contributed by atoms with Crippen molar-refractivity contribution in [3.63, 3.8) is 0 Å². The molecule has 1 atom stereocenters. The van der Waals surface area contributed by atoms with Gasteiger partial charge in [0, 0.05) is 23.1 Å². The Morgan fingerprint density at radius 2 is 1.71 bits per heavy atom. The second-order valence-electron chi connectivity index (χ2n) is 8.05. The van der Waals surface area contributed by atoms with Gasteiger partial charge in [-0.05, 0) is 62.6 Å². The number of allylic oxidation sites excluding steroid dienone is 6. The largest absolute Gasteiger partial charge is 0.508 e. The van der Waals surface area contributed by atoms with Crippen molar-refractivity contribution in [2.45, 2.75) is 33.1 Å². The van der Waals surface area contributed by atoms with Crippen molar-refractivity contribution >= 4 is 17.3 Å². The molecular formula is C29H30O5. The Morgan fingerprint density at radius 3 is 2.26 bits per heavy atom. The molecule has 0 radical (unpaired) electrons. The minimum atomic E-state index is -0.292. The Labute approximate surface area is 200 Å². The summed E-state index contributed by atoms with van der Waals surface area (Å²) >= 11 is 0. The summed E-state index contributed by atoms with van der Waals surface area (Å²) in [5, 5.41) is 9.59. The zero-order chi connectivity index (χ0) is 25.3. The average molecular weight is 459 g/mol. The van der Waals surface area contributed by atoms with Crippen LogP contribution in [0.25, 0.3) is 0 Å². The molecule has 34 heavy (non-hydrogen) atoms. The van der Waals surface area contributed by atoms with E-state index in [0.717, 1.165) is 11.1 Å². The van der Waals surface area contributed by atoms with Crippen molar-refractivity contribution in [2.24, 2.45) is 0 Å². The molecule has 1 aliphatic rings. The fourth-order valence-electron chi connectivity index (χ4n) is 3.34. The van der Waals surface area contributed by atoms with E-state index < -0.39 is 0 Å². The van der Waals surface area contributed by atoms with Crippen LogP contribution in [0.1, 0.15) is 48.2 Å². The maximum atomic E-state index is 12.1. The van der Waals surface area contributed by atoms with E-state index in [2.05, 4.69) is 6.58 Å². The molecule has 2 aromatic rings. The molecule has 0 fully saturated rings. The van der Waals surface area contributed by atoms with Gasteiger partial charge in [0.15, 0.2) is 17.3 Å². The maximum absolute atomic E-state index is 12.1. The highest BCUT2D eigenvalue weighted by atomic mass is 16.5. The van der Waals surface area contributed by atoms with Crippen LogP contribution < -0.4 is 0 Å². The van der Waals surface area contributed by atoms with Gasteiger partial charge in [0.25, 0.3) is 0 Å². The topological polar surface area (TPSA) is 80.7 Å². The van der Waals surface area contributed by atoms with E-state index in [1.807, 2.05) is 50.3 Å². The predicted octanol–water partition coefficient (Wildman–Crippen LogP) is 5.67. The third-order valence-corrected chi connectivity index (χ3v) is 5.24. The van der Waals surface area contributed by atoms with Crippen LogP contribution in [0.3, 0.4) is 0 Å². The third-order valence-electron chi connectivity index (χ3n) is 5.24. The zero-order valence-corrected chi connectivity index (χ0v) is 20.0. The third kappa shape index (κ3) is 7.01. The molecule has 0 aliphatic heterocycles. The first-order chi connectivity index (χ1) is 16.2. The monoisotopic (exact) mass is 458 g/mol. The van der Waals surface area contributed by atoms with Crippen molar-refractivity contribution in [1.29, 1.82) is 0 Å². The lowest BCUT2D eigenvalue weighted by Crippen LogP contribution is -2.18. The molecule has 0 saturated carbocycles. The zero-order valence-electron chi connectivity index (χ0n) is 20.0. The van der Waals surface area contributed by atoms with Crippen molar-refractivity contribution in [3.8, 4) is 5.75 Å². The number of hydrogen-bond donors (Lipinski definition) is 1. The molecule has 5 heteroatoms. The normalized spacial score (nSPS) is 13.5. The predicted molar refractivity (Wildman–Crippen MR) is 134 cm³/mol. The van der Waals surface area contributed by atoms with Crippen LogP contribution in [0.5, 0.6) is 5.75 Å². The van der Waals surface area contributed by atoms with Crippen molar-refractivity contribution in [3.05, 3.63) is 113 Å². The van der Waals surface area contributed by atoms with Gasteiger partial charge in [-0.15, -0.1) is 6.58 Å². The summed E-state index contributed by atoms with van der Waals surface area (Å²) in [6, 6.07) is 14.4. The highest BCUT2D eigenvalue weighted by molar-refractivity contribution is 6.19. The second-order valence-corrected chi connectivity index (χ2v) is 8.05. The number of benzene rings is 2. The number of ether oxygens (including phenoxy) is 1. The SMILES string of the molecule is C=CC(C1=CC(=O)C(OC)=CC1=O)c1ccccc1.CC(=O)c1ccc(O)c(CC=C(C)C)c1. The average Bonchev–Trinajstić information content (AvgIpc) is 2.82. The van der Waals surface area contributed by atoms with Gasteiger partial charge in [-0.1, -0.05) is 48.1 Å². The summed E-state index contributed by atoms with van der Waals surface area (Å²) in [5.74, 6) is -0.451. The van der Waals surface area contributed by atoms with Gasteiger partial charge in [0.1, 0.15) is 5.75 Å². The molecule has 0 spiro atoms. The molecule has 0 aromatic heterocycles. The summed E-state index contributed by atoms with van der Waals surface area (Å²) < 4.78 is 4.86. The van der Waals surface area contributed by atoms with Gasteiger partial charge in [-0.25, -0.2) is 0 Å². The van der Waals surface area contributed by atoms with Gasteiger partial charge in [-0.2, -0.15) is 0 Å². The molecule has 1 unspecified atom stereocenters. The van der Waals surface area contributed by atoms with Gasteiger partial charge in [0.05, 0.1) is 7.11 Å². The smallest absolute Gasteiger partial charge is 0.220 e. The lowest BCUT2D eigenvalue weighted by Gasteiger charge is -2.18.